The smallest absolute Gasteiger partial charge is 0.396 e. The minimum absolute atomic E-state index is 0.0110. The molecule has 0 radical (unpaired) electrons. The fourth-order valence-corrected chi connectivity index (χ4v) is 2.92. The van der Waals surface area contributed by atoms with E-state index in [1.807, 2.05) is 0 Å². The monoisotopic (exact) mass is 237 g/mol. The Hall–Kier alpha value is -1.43. The number of hydrogen-bond acceptors (Lipinski definition) is 6. The summed E-state index contributed by atoms with van der Waals surface area (Å²) in [5.74, 6) is -0.562. The maximum atomic E-state index is 11.7. The SMILES string of the molecule is CN1[C@@H]2CC[C@H]1CC(OC(=O)c1nnco1)C2. The Morgan fingerprint density at radius 3 is 2.76 bits per heavy atom. The summed E-state index contributed by atoms with van der Waals surface area (Å²) in [6, 6.07) is 1.10. The highest BCUT2D eigenvalue weighted by atomic mass is 16.6. The van der Waals surface area contributed by atoms with Crippen LogP contribution in [0.15, 0.2) is 10.8 Å². The molecule has 92 valence electrons. The molecule has 3 atom stereocenters. The first kappa shape index (κ1) is 10.7. The van der Waals surface area contributed by atoms with E-state index in [9.17, 15) is 4.79 Å². The van der Waals surface area contributed by atoms with E-state index in [4.69, 9.17) is 9.15 Å². The zero-order valence-corrected chi connectivity index (χ0v) is 9.70. The van der Waals surface area contributed by atoms with Crippen molar-refractivity contribution in [2.24, 2.45) is 0 Å². The van der Waals surface area contributed by atoms with Crippen LogP contribution in [0.2, 0.25) is 0 Å². The number of aromatic nitrogens is 2. The van der Waals surface area contributed by atoms with Gasteiger partial charge in [0.1, 0.15) is 6.10 Å². The third kappa shape index (κ3) is 1.93. The van der Waals surface area contributed by atoms with Crippen LogP contribution in [0.25, 0.3) is 0 Å². The molecule has 0 N–H and O–H groups in total. The van der Waals surface area contributed by atoms with Gasteiger partial charge in [0.15, 0.2) is 0 Å². The van der Waals surface area contributed by atoms with Crippen LogP contribution in [0.5, 0.6) is 0 Å². The minimum Gasteiger partial charge on any atom is -0.455 e. The van der Waals surface area contributed by atoms with Crippen molar-refractivity contribution in [3.8, 4) is 0 Å². The van der Waals surface area contributed by atoms with Gasteiger partial charge in [-0.1, -0.05) is 0 Å². The van der Waals surface area contributed by atoms with Crippen molar-refractivity contribution < 1.29 is 13.9 Å². The largest absolute Gasteiger partial charge is 0.455 e. The average Bonchev–Trinajstić information content (AvgIpc) is 2.88. The summed E-state index contributed by atoms with van der Waals surface area (Å²) < 4.78 is 10.2. The van der Waals surface area contributed by atoms with Gasteiger partial charge in [-0.05, 0) is 19.9 Å². The Balaban J connectivity index is 1.62. The van der Waals surface area contributed by atoms with Gasteiger partial charge in [0.25, 0.3) is 0 Å². The van der Waals surface area contributed by atoms with Gasteiger partial charge in [0, 0.05) is 24.9 Å². The van der Waals surface area contributed by atoms with Crippen LogP contribution in [-0.4, -0.2) is 46.3 Å². The van der Waals surface area contributed by atoms with Crippen molar-refractivity contribution in [3.63, 3.8) is 0 Å². The summed E-state index contributed by atoms with van der Waals surface area (Å²) in [6.07, 6.45) is 5.35. The Morgan fingerprint density at radius 1 is 1.47 bits per heavy atom. The number of piperidine rings is 1. The summed E-state index contributed by atoms with van der Waals surface area (Å²) in [6.45, 7) is 0. The predicted octanol–water partition coefficient (Wildman–Crippen LogP) is 0.852. The molecule has 3 heterocycles. The summed E-state index contributed by atoms with van der Waals surface area (Å²) in [5, 5.41) is 7.01. The van der Waals surface area contributed by atoms with E-state index in [1.54, 1.807) is 0 Å². The molecule has 0 aromatic carbocycles. The van der Waals surface area contributed by atoms with Gasteiger partial charge in [0.05, 0.1) is 0 Å². The first-order chi connectivity index (χ1) is 8.24. The number of esters is 1. The Kier molecular flexibility index (Phi) is 2.58. The van der Waals surface area contributed by atoms with Gasteiger partial charge in [-0.2, -0.15) is 0 Å². The van der Waals surface area contributed by atoms with Gasteiger partial charge < -0.3 is 14.1 Å². The first-order valence-electron chi connectivity index (χ1n) is 5.93. The number of hydrogen-bond donors (Lipinski definition) is 0. The summed E-state index contributed by atoms with van der Waals surface area (Å²) in [7, 11) is 2.15. The molecule has 2 aliphatic rings. The molecule has 0 aliphatic carbocycles. The van der Waals surface area contributed by atoms with Crippen LogP contribution >= 0.6 is 0 Å². The second-order valence-electron chi connectivity index (χ2n) is 4.79. The third-order valence-corrected chi connectivity index (χ3v) is 3.86. The molecule has 2 saturated heterocycles. The van der Waals surface area contributed by atoms with Crippen molar-refractivity contribution in [1.29, 1.82) is 0 Å². The van der Waals surface area contributed by atoms with Crippen molar-refractivity contribution in [2.75, 3.05) is 7.05 Å². The fraction of sp³-hybridized carbons (Fsp3) is 0.727. The average molecular weight is 237 g/mol. The topological polar surface area (TPSA) is 68.5 Å². The van der Waals surface area contributed by atoms with Gasteiger partial charge in [0.2, 0.25) is 6.39 Å². The van der Waals surface area contributed by atoms with E-state index in [0.29, 0.717) is 12.1 Å². The fourth-order valence-electron chi connectivity index (χ4n) is 2.92. The molecule has 2 bridgehead atoms. The Labute approximate surface area is 98.9 Å². The zero-order valence-electron chi connectivity index (χ0n) is 9.70. The van der Waals surface area contributed by atoms with E-state index >= 15 is 0 Å². The lowest BCUT2D eigenvalue weighted by Gasteiger charge is -2.35. The number of carbonyl (C=O) groups is 1. The van der Waals surface area contributed by atoms with Crippen LogP contribution < -0.4 is 0 Å². The Bertz CT molecular complexity index is 392. The molecule has 2 fully saturated rings. The Morgan fingerprint density at radius 2 is 2.18 bits per heavy atom. The molecule has 0 saturated carbocycles. The van der Waals surface area contributed by atoms with Crippen molar-refractivity contribution >= 4 is 5.97 Å². The summed E-state index contributed by atoms with van der Waals surface area (Å²) >= 11 is 0. The molecule has 1 aromatic heterocycles. The summed E-state index contributed by atoms with van der Waals surface area (Å²) in [5.41, 5.74) is 0. The molecule has 6 nitrogen and oxygen atoms in total. The predicted molar refractivity (Wildman–Crippen MR) is 57.3 cm³/mol. The van der Waals surface area contributed by atoms with Gasteiger partial charge >= 0.3 is 11.9 Å². The molecule has 17 heavy (non-hydrogen) atoms. The van der Waals surface area contributed by atoms with E-state index in [1.165, 1.54) is 12.8 Å². The number of rotatable bonds is 2. The molecule has 2 aliphatic heterocycles. The number of nitrogens with zero attached hydrogens (tertiary/aromatic N) is 3. The molecule has 0 amide bonds. The van der Waals surface area contributed by atoms with Crippen LogP contribution in [0.1, 0.15) is 36.4 Å². The molecule has 3 rings (SSSR count). The minimum atomic E-state index is -0.503. The number of carbonyl (C=O) groups excluding carboxylic acids is 1. The molecule has 1 unspecified atom stereocenters. The van der Waals surface area contributed by atoms with E-state index in [-0.39, 0.29) is 12.0 Å². The highest BCUT2D eigenvalue weighted by Gasteiger charge is 2.40. The molecule has 0 spiro atoms. The summed E-state index contributed by atoms with van der Waals surface area (Å²) in [4.78, 5) is 14.1. The lowest BCUT2D eigenvalue weighted by Crippen LogP contribution is -2.43. The lowest BCUT2D eigenvalue weighted by molar-refractivity contribution is -0.00384. The molecular weight excluding hydrogens is 222 g/mol. The molecule has 1 aromatic rings. The van der Waals surface area contributed by atoms with E-state index in [2.05, 4.69) is 22.1 Å². The van der Waals surface area contributed by atoms with Gasteiger partial charge in [-0.15, -0.1) is 10.2 Å². The number of fused-ring (bicyclic) bond motifs is 2. The second kappa shape index (κ2) is 4.10. The van der Waals surface area contributed by atoms with Crippen molar-refractivity contribution in [2.45, 2.75) is 43.9 Å². The molecular formula is C11H15N3O3. The van der Waals surface area contributed by atoms with E-state index in [0.717, 1.165) is 19.2 Å². The van der Waals surface area contributed by atoms with Gasteiger partial charge in [-0.3, -0.25) is 0 Å². The maximum absolute atomic E-state index is 11.7. The zero-order chi connectivity index (χ0) is 11.8. The maximum Gasteiger partial charge on any atom is 0.396 e. The third-order valence-electron chi connectivity index (χ3n) is 3.86. The highest BCUT2D eigenvalue weighted by molar-refractivity contribution is 5.83. The van der Waals surface area contributed by atoms with Crippen LogP contribution in [0.4, 0.5) is 0 Å². The standard InChI is InChI=1S/C11H15N3O3/c1-14-7-2-3-8(14)5-9(4-7)17-11(15)10-13-12-6-16-10/h6-9H,2-5H2,1H3/t7-,8+,9?. The first-order valence-corrected chi connectivity index (χ1v) is 5.93. The second-order valence-corrected chi connectivity index (χ2v) is 4.79. The van der Waals surface area contributed by atoms with Crippen LogP contribution in [0.3, 0.4) is 0 Å². The van der Waals surface area contributed by atoms with Crippen molar-refractivity contribution in [1.82, 2.24) is 15.1 Å². The van der Waals surface area contributed by atoms with E-state index < -0.39 is 5.97 Å². The van der Waals surface area contributed by atoms with Crippen LogP contribution in [0, 0.1) is 0 Å². The van der Waals surface area contributed by atoms with Crippen molar-refractivity contribution in [3.05, 3.63) is 12.3 Å². The number of ether oxygens (including phenoxy) is 1. The normalized spacial score (nSPS) is 32.6. The van der Waals surface area contributed by atoms with Gasteiger partial charge in [-0.25, -0.2) is 4.79 Å². The molecule has 6 heteroatoms. The highest BCUT2D eigenvalue weighted by Crippen LogP contribution is 2.35. The quantitative estimate of drug-likeness (QED) is 0.710. The van der Waals surface area contributed by atoms with Crippen LogP contribution in [-0.2, 0) is 4.74 Å². The lowest BCUT2D eigenvalue weighted by atomic mass is 10.0.